The number of aromatic nitrogens is 2. The Labute approximate surface area is 102 Å². The molecule has 0 spiro atoms. The fourth-order valence-corrected chi connectivity index (χ4v) is 1.99. The minimum atomic E-state index is -0.629. The van der Waals surface area contributed by atoms with Crippen molar-refractivity contribution in [3.8, 4) is 0 Å². The third-order valence-corrected chi connectivity index (χ3v) is 2.87. The molecule has 5 nitrogen and oxygen atoms in total. The van der Waals surface area contributed by atoms with Gasteiger partial charge in [-0.05, 0) is 19.1 Å². The van der Waals surface area contributed by atoms with Crippen molar-refractivity contribution in [3.63, 3.8) is 0 Å². The highest BCUT2D eigenvalue weighted by atomic mass is 32.1. The molecule has 1 amide bonds. The van der Waals surface area contributed by atoms with Crippen LogP contribution in [0.1, 0.15) is 29.1 Å². The zero-order chi connectivity index (χ0) is 12.3. The van der Waals surface area contributed by atoms with Crippen LogP contribution in [0.2, 0.25) is 0 Å². The summed E-state index contributed by atoms with van der Waals surface area (Å²) >= 11 is 1.28. The van der Waals surface area contributed by atoms with E-state index in [1.807, 2.05) is 0 Å². The Hall–Kier alpha value is -1.79. The van der Waals surface area contributed by atoms with Crippen molar-refractivity contribution in [3.05, 3.63) is 41.2 Å². The van der Waals surface area contributed by atoms with Crippen LogP contribution >= 0.6 is 11.3 Å². The molecule has 6 heteroatoms. The van der Waals surface area contributed by atoms with Crippen molar-refractivity contribution in [1.82, 2.24) is 9.97 Å². The van der Waals surface area contributed by atoms with Crippen LogP contribution in [0.15, 0.2) is 29.9 Å². The molecule has 88 valence electrons. The third-order valence-electron chi connectivity index (χ3n) is 2.09. The summed E-state index contributed by atoms with van der Waals surface area (Å²) in [6, 6.07) is 3.36. The van der Waals surface area contributed by atoms with Crippen LogP contribution in [0, 0.1) is 0 Å². The molecular formula is C11H11N3O2S. The van der Waals surface area contributed by atoms with Crippen molar-refractivity contribution in [2.24, 2.45) is 0 Å². The van der Waals surface area contributed by atoms with Crippen molar-refractivity contribution in [2.75, 3.05) is 5.32 Å². The van der Waals surface area contributed by atoms with Gasteiger partial charge in [0, 0.05) is 17.8 Å². The summed E-state index contributed by atoms with van der Waals surface area (Å²) < 4.78 is 0. The molecule has 0 aromatic carbocycles. The number of carbonyl (C=O) groups excluding carboxylic acids is 1. The van der Waals surface area contributed by atoms with Gasteiger partial charge in [0.15, 0.2) is 5.13 Å². The van der Waals surface area contributed by atoms with E-state index in [-0.39, 0.29) is 5.91 Å². The molecule has 0 bridgehead atoms. The maximum Gasteiger partial charge on any atom is 0.259 e. The second-order valence-corrected chi connectivity index (χ2v) is 4.31. The summed E-state index contributed by atoms with van der Waals surface area (Å²) in [5.41, 5.74) is 1.03. The first-order valence-corrected chi connectivity index (χ1v) is 5.89. The van der Waals surface area contributed by atoms with Gasteiger partial charge in [-0.2, -0.15) is 0 Å². The summed E-state index contributed by atoms with van der Waals surface area (Å²) in [6.07, 6.45) is 2.46. The van der Waals surface area contributed by atoms with Crippen LogP contribution in [0.5, 0.6) is 0 Å². The van der Waals surface area contributed by atoms with E-state index in [9.17, 15) is 9.90 Å². The Bertz CT molecular complexity index is 510. The first-order chi connectivity index (χ1) is 8.16. The Kier molecular flexibility index (Phi) is 3.46. The zero-order valence-electron chi connectivity index (χ0n) is 9.12. The molecule has 0 aliphatic carbocycles. The molecule has 0 aliphatic heterocycles. The number of rotatable bonds is 3. The lowest BCUT2D eigenvalue weighted by Gasteiger charge is -2.00. The number of aliphatic hydroxyl groups is 1. The number of pyridine rings is 1. The average Bonchev–Trinajstić information content (AvgIpc) is 2.79. The lowest BCUT2D eigenvalue weighted by molar-refractivity contribution is 0.102. The Morgan fingerprint density at radius 2 is 2.41 bits per heavy atom. The molecule has 0 fully saturated rings. The van der Waals surface area contributed by atoms with E-state index in [1.165, 1.54) is 17.5 Å². The maximum atomic E-state index is 11.7. The summed E-state index contributed by atoms with van der Waals surface area (Å²) in [5.74, 6) is -0.260. The molecular weight excluding hydrogens is 238 g/mol. The first-order valence-electron chi connectivity index (χ1n) is 5.01. The van der Waals surface area contributed by atoms with Gasteiger partial charge in [-0.15, -0.1) is 11.3 Å². The van der Waals surface area contributed by atoms with Crippen LogP contribution in [0.3, 0.4) is 0 Å². The van der Waals surface area contributed by atoms with Crippen LogP contribution in [-0.2, 0) is 0 Å². The van der Waals surface area contributed by atoms with Crippen molar-refractivity contribution in [1.29, 1.82) is 0 Å². The number of anilines is 1. The number of aliphatic hydroxyl groups excluding tert-OH is 1. The quantitative estimate of drug-likeness (QED) is 0.870. The van der Waals surface area contributed by atoms with E-state index in [1.54, 1.807) is 30.6 Å². The lowest BCUT2D eigenvalue weighted by Crippen LogP contribution is -2.11. The zero-order valence-corrected chi connectivity index (χ0v) is 9.94. The SMILES string of the molecule is CC(O)c1csc(NC(=O)c2cccnc2)n1. The summed E-state index contributed by atoms with van der Waals surface area (Å²) in [5, 5.41) is 14.1. The van der Waals surface area contributed by atoms with Gasteiger partial charge in [-0.1, -0.05) is 0 Å². The molecule has 2 N–H and O–H groups in total. The number of carbonyl (C=O) groups is 1. The van der Waals surface area contributed by atoms with Gasteiger partial charge in [0.1, 0.15) is 0 Å². The molecule has 2 aromatic rings. The molecule has 0 saturated carbocycles. The molecule has 2 rings (SSSR count). The number of nitrogens with one attached hydrogen (secondary N) is 1. The number of nitrogens with zero attached hydrogens (tertiary/aromatic N) is 2. The Morgan fingerprint density at radius 3 is 3.00 bits per heavy atom. The fourth-order valence-electron chi connectivity index (χ4n) is 1.20. The van der Waals surface area contributed by atoms with E-state index < -0.39 is 6.10 Å². The second-order valence-electron chi connectivity index (χ2n) is 3.45. The number of hydrogen-bond acceptors (Lipinski definition) is 5. The minimum Gasteiger partial charge on any atom is -0.387 e. The van der Waals surface area contributed by atoms with Gasteiger partial charge >= 0.3 is 0 Å². The number of amides is 1. The highest BCUT2D eigenvalue weighted by Gasteiger charge is 2.10. The predicted molar refractivity (Wildman–Crippen MR) is 64.9 cm³/mol. The maximum absolute atomic E-state index is 11.7. The van der Waals surface area contributed by atoms with E-state index in [2.05, 4.69) is 15.3 Å². The largest absolute Gasteiger partial charge is 0.387 e. The van der Waals surface area contributed by atoms with E-state index in [4.69, 9.17) is 0 Å². The van der Waals surface area contributed by atoms with Gasteiger partial charge in [-0.25, -0.2) is 4.98 Å². The molecule has 1 atom stereocenters. The van der Waals surface area contributed by atoms with Gasteiger partial charge in [0.25, 0.3) is 5.91 Å². The van der Waals surface area contributed by atoms with Crippen LogP contribution in [0.4, 0.5) is 5.13 Å². The van der Waals surface area contributed by atoms with Crippen LogP contribution in [0.25, 0.3) is 0 Å². The Balaban J connectivity index is 2.08. The van der Waals surface area contributed by atoms with Gasteiger partial charge in [-0.3, -0.25) is 15.1 Å². The average molecular weight is 249 g/mol. The number of hydrogen-bond donors (Lipinski definition) is 2. The minimum absolute atomic E-state index is 0.260. The van der Waals surface area contributed by atoms with E-state index in [0.29, 0.717) is 16.4 Å². The predicted octanol–water partition coefficient (Wildman–Crippen LogP) is 1.84. The summed E-state index contributed by atoms with van der Waals surface area (Å²) in [7, 11) is 0. The fraction of sp³-hybridized carbons (Fsp3) is 0.182. The molecule has 17 heavy (non-hydrogen) atoms. The third kappa shape index (κ3) is 2.86. The normalized spacial score (nSPS) is 12.1. The molecule has 2 heterocycles. The second kappa shape index (κ2) is 5.03. The van der Waals surface area contributed by atoms with Crippen molar-refractivity contribution >= 4 is 22.4 Å². The Morgan fingerprint density at radius 1 is 1.59 bits per heavy atom. The molecule has 0 radical (unpaired) electrons. The van der Waals surface area contributed by atoms with Gasteiger partial charge in [0.05, 0.1) is 17.4 Å². The highest BCUT2D eigenvalue weighted by Crippen LogP contribution is 2.20. The molecule has 0 saturated heterocycles. The topological polar surface area (TPSA) is 75.1 Å². The summed E-state index contributed by atoms with van der Waals surface area (Å²) in [6.45, 7) is 1.63. The molecule has 0 aliphatic rings. The molecule has 1 unspecified atom stereocenters. The smallest absolute Gasteiger partial charge is 0.259 e. The van der Waals surface area contributed by atoms with Gasteiger partial charge < -0.3 is 5.11 Å². The van der Waals surface area contributed by atoms with Gasteiger partial charge in [0.2, 0.25) is 0 Å². The summed E-state index contributed by atoms with van der Waals surface area (Å²) in [4.78, 5) is 19.7. The van der Waals surface area contributed by atoms with Crippen LogP contribution in [-0.4, -0.2) is 21.0 Å². The standard InChI is InChI=1S/C11H11N3O2S/c1-7(15)9-6-17-11(13-9)14-10(16)8-3-2-4-12-5-8/h2-7,15H,1H3,(H,13,14,16). The highest BCUT2D eigenvalue weighted by molar-refractivity contribution is 7.14. The lowest BCUT2D eigenvalue weighted by atomic mass is 10.3. The molecule has 2 aromatic heterocycles. The van der Waals surface area contributed by atoms with E-state index >= 15 is 0 Å². The van der Waals surface area contributed by atoms with E-state index in [0.717, 1.165) is 0 Å². The van der Waals surface area contributed by atoms with Crippen molar-refractivity contribution in [2.45, 2.75) is 13.0 Å². The monoisotopic (exact) mass is 249 g/mol. The number of thiazole rings is 1. The first kappa shape index (κ1) is 11.7. The van der Waals surface area contributed by atoms with Crippen molar-refractivity contribution < 1.29 is 9.90 Å². The van der Waals surface area contributed by atoms with Crippen LogP contribution < -0.4 is 5.32 Å².